The summed E-state index contributed by atoms with van der Waals surface area (Å²) < 4.78 is 26.9. The van der Waals surface area contributed by atoms with E-state index >= 15 is 0 Å². The van der Waals surface area contributed by atoms with Crippen molar-refractivity contribution < 1.29 is 13.2 Å². The fourth-order valence-electron chi connectivity index (χ4n) is 3.29. The Bertz CT molecular complexity index is 886. The van der Waals surface area contributed by atoms with Gasteiger partial charge in [-0.2, -0.15) is 4.31 Å². The number of rotatable bonds is 6. The van der Waals surface area contributed by atoms with E-state index in [0.29, 0.717) is 18.0 Å². The van der Waals surface area contributed by atoms with Crippen LogP contribution >= 0.6 is 0 Å². The number of carbonyl (C=O) groups excluding carboxylic acids is 1. The summed E-state index contributed by atoms with van der Waals surface area (Å²) in [5, 5.41) is 2.90. The molecule has 5 nitrogen and oxygen atoms in total. The lowest BCUT2D eigenvalue weighted by Gasteiger charge is -2.25. The fraction of sp³-hybridized carbons (Fsp3) is 0.381. The van der Waals surface area contributed by atoms with Crippen molar-refractivity contribution in [2.45, 2.75) is 43.9 Å². The van der Waals surface area contributed by atoms with Gasteiger partial charge < -0.3 is 5.32 Å². The lowest BCUT2D eigenvalue weighted by molar-refractivity contribution is -0.115. The molecule has 1 fully saturated rings. The first-order valence-electron chi connectivity index (χ1n) is 9.47. The zero-order valence-electron chi connectivity index (χ0n) is 15.6. The Labute approximate surface area is 161 Å². The van der Waals surface area contributed by atoms with Gasteiger partial charge in [0, 0.05) is 18.8 Å². The molecule has 0 radical (unpaired) electrons. The Morgan fingerprint density at radius 2 is 1.70 bits per heavy atom. The Balaban J connectivity index is 1.63. The Hall–Kier alpha value is -2.18. The summed E-state index contributed by atoms with van der Waals surface area (Å²) >= 11 is 0. The number of amides is 1. The third-order valence-electron chi connectivity index (χ3n) is 4.86. The monoisotopic (exact) mass is 386 g/mol. The number of carbonyl (C=O) groups is 1. The minimum atomic E-state index is -3.43. The molecular formula is C21H26N2O3S. The highest BCUT2D eigenvalue weighted by Crippen LogP contribution is 2.21. The van der Waals surface area contributed by atoms with Crippen molar-refractivity contribution in [2.24, 2.45) is 0 Å². The number of hydrogen-bond donors (Lipinski definition) is 1. The van der Waals surface area contributed by atoms with Crippen molar-refractivity contribution in [1.29, 1.82) is 0 Å². The van der Waals surface area contributed by atoms with E-state index in [1.807, 2.05) is 24.3 Å². The van der Waals surface area contributed by atoms with E-state index in [1.54, 1.807) is 28.6 Å². The van der Waals surface area contributed by atoms with Gasteiger partial charge >= 0.3 is 0 Å². The smallest absolute Gasteiger partial charge is 0.243 e. The molecular weight excluding hydrogens is 360 g/mol. The number of aryl methyl sites for hydroxylation is 1. The van der Waals surface area contributed by atoms with Crippen LogP contribution in [0.15, 0.2) is 53.4 Å². The summed E-state index contributed by atoms with van der Waals surface area (Å²) in [5.41, 5.74) is 2.74. The maximum atomic E-state index is 12.7. The van der Waals surface area contributed by atoms with Gasteiger partial charge in [0.05, 0.1) is 11.3 Å². The molecule has 1 aliphatic heterocycles. The first-order valence-corrected chi connectivity index (χ1v) is 10.9. The van der Waals surface area contributed by atoms with Gasteiger partial charge in [-0.05, 0) is 54.7 Å². The molecule has 1 saturated heterocycles. The molecule has 1 N–H and O–H groups in total. The third-order valence-corrected chi connectivity index (χ3v) is 6.77. The van der Waals surface area contributed by atoms with Crippen LogP contribution in [0.3, 0.4) is 0 Å². The topological polar surface area (TPSA) is 66.5 Å². The molecule has 27 heavy (non-hydrogen) atoms. The van der Waals surface area contributed by atoms with Crippen LogP contribution in [-0.2, 0) is 27.7 Å². The SMILES string of the molecule is CCc1cccc(NC(=O)Cc2ccc(S(=O)(=O)N3CCCCC3)cc2)c1. The zero-order chi connectivity index (χ0) is 19.3. The predicted octanol–water partition coefficient (Wildman–Crippen LogP) is 3.60. The fourth-order valence-corrected chi connectivity index (χ4v) is 4.81. The van der Waals surface area contributed by atoms with Crippen molar-refractivity contribution in [3.05, 3.63) is 59.7 Å². The summed E-state index contributed by atoms with van der Waals surface area (Å²) in [6.07, 6.45) is 4.03. The number of nitrogens with one attached hydrogen (secondary N) is 1. The average Bonchev–Trinajstić information content (AvgIpc) is 2.69. The molecule has 1 aliphatic rings. The highest BCUT2D eigenvalue weighted by molar-refractivity contribution is 7.89. The van der Waals surface area contributed by atoms with Crippen LogP contribution < -0.4 is 5.32 Å². The normalized spacial score (nSPS) is 15.4. The molecule has 6 heteroatoms. The molecule has 1 heterocycles. The van der Waals surface area contributed by atoms with Crippen LogP contribution in [0.2, 0.25) is 0 Å². The molecule has 0 aliphatic carbocycles. The van der Waals surface area contributed by atoms with Crippen LogP contribution in [0, 0.1) is 0 Å². The summed E-state index contributed by atoms with van der Waals surface area (Å²) in [7, 11) is -3.43. The molecule has 0 unspecified atom stereocenters. The number of piperidine rings is 1. The lowest BCUT2D eigenvalue weighted by atomic mass is 10.1. The summed E-state index contributed by atoms with van der Waals surface area (Å²) in [6.45, 7) is 3.24. The maximum absolute atomic E-state index is 12.7. The van der Waals surface area contributed by atoms with Crippen molar-refractivity contribution in [3.63, 3.8) is 0 Å². The second-order valence-corrected chi connectivity index (χ2v) is 8.83. The molecule has 2 aromatic rings. The van der Waals surface area contributed by atoms with E-state index < -0.39 is 10.0 Å². The first-order chi connectivity index (χ1) is 13.0. The molecule has 2 aromatic carbocycles. The molecule has 1 amide bonds. The number of nitrogens with zero attached hydrogens (tertiary/aromatic N) is 1. The highest BCUT2D eigenvalue weighted by Gasteiger charge is 2.25. The van der Waals surface area contributed by atoms with Crippen molar-refractivity contribution in [3.8, 4) is 0 Å². The van der Waals surface area contributed by atoms with Gasteiger partial charge in [-0.25, -0.2) is 8.42 Å². The molecule has 144 valence electrons. The quantitative estimate of drug-likeness (QED) is 0.825. The van der Waals surface area contributed by atoms with Crippen molar-refractivity contribution >= 4 is 21.6 Å². The lowest BCUT2D eigenvalue weighted by Crippen LogP contribution is -2.35. The second-order valence-electron chi connectivity index (χ2n) is 6.89. The summed E-state index contributed by atoms with van der Waals surface area (Å²) in [4.78, 5) is 12.6. The van der Waals surface area contributed by atoms with E-state index in [-0.39, 0.29) is 12.3 Å². The highest BCUT2D eigenvalue weighted by atomic mass is 32.2. The molecule has 0 saturated carbocycles. The number of benzene rings is 2. The van der Waals surface area contributed by atoms with Crippen molar-refractivity contribution in [2.75, 3.05) is 18.4 Å². The Morgan fingerprint density at radius 1 is 1.00 bits per heavy atom. The van der Waals surface area contributed by atoms with Gasteiger partial charge in [0.15, 0.2) is 0 Å². The summed E-state index contributed by atoms with van der Waals surface area (Å²) in [6, 6.07) is 14.4. The molecule has 0 spiro atoms. The minimum absolute atomic E-state index is 0.116. The van der Waals surface area contributed by atoms with Gasteiger partial charge in [-0.1, -0.05) is 37.6 Å². The van der Waals surface area contributed by atoms with E-state index in [2.05, 4.69) is 12.2 Å². The molecule has 0 aromatic heterocycles. The number of sulfonamides is 1. The van der Waals surface area contributed by atoms with E-state index in [1.165, 1.54) is 5.56 Å². The second kappa shape index (κ2) is 8.67. The van der Waals surface area contributed by atoms with Gasteiger partial charge in [0.2, 0.25) is 15.9 Å². The largest absolute Gasteiger partial charge is 0.326 e. The van der Waals surface area contributed by atoms with E-state index in [0.717, 1.165) is 36.9 Å². The van der Waals surface area contributed by atoms with Crippen LogP contribution in [-0.4, -0.2) is 31.7 Å². The Kier molecular flexibility index (Phi) is 6.29. The number of hydrogen-bond acceptors (Lipinski definition) is 3. The Morgan fingerprint density at radius 3 is 2.37 bits per heavy atom. The van der Waals surface area contributed by atoms with E-state index in [4.69, 9.17) is 0 Å². The average molecular weight is 387 g/mol. The van der Waals surface area contributed by atoms with Gasteiger partial charge in [-0.3, -0.25) is 4.79 Å². The number of anilines is 1. The third kappa shape index (κ3) is 4.96. The van der Waals surface area contributed by atoms with Crippen LogP contribution in [0.5, 0.6) is 0 Å². The van der Waals surface area contributed by atoms with E-state index in [9.17, 15) is 13.2 Å². The first kappa shape index (κ1) is 19.6. The standard InChI is InChI=1S/C21H26N2O3S/c1-2-17-7-6-8-19(15-17)22-21(24)16-18-9-11-20(12-10-18)27(25,26)23-13-4-3-5-14-23/h6-12,15H,2-5,13-14,16H2,1H3,(H,22,24). The van der Waals surface area contributed by atoms with Gasteiger partial charge in [-0.15, -0.1) is 0 Å². The van der Waals surface area contributed by atoms with Gasteiger partial charge in [0.25, 0.3) is 0 Å². The van der Waals surface area contributed by atoms with Crippen LogP contribution in [0.1, 0.15) is 37.3 Å². The summed E-state index contributed by atoms with van der Waals surface area (Å²) in [5.74, 6) is -0.116. The molecule has 0 atom stereocenters. The minimum Gasteiger partial charge on any atom is -0.326 e. The zero-order valence-corrected chi connectivity index (χ0v) is 16.5. The van der Waals surface area contributed by atoms with Crippen molar-refractivity contribution in [1.82, 2.24) is 4.31 Å². The molecule has 0 bridgehead atoms. The maximum Gasteiger partial charge on any atom is 0.243 e. The van der Waals surface area contributed by atoms with Gasteiger partial charge in [0.1, 0.15) is 0 Å². The molecule has 3 rings (SSSR count). The predicted molar refractivity (Wildman–Crippen MR) is 107 cm³/mol. The van der Waals surface area contributed by atoms with Crippen LogP contribution in [0.25, 0.3) is 0 Å². The van der Waals surface area contributed by atoms with Crippen LogP contribution in [0.4, 0.5) is 5.69 Å².